The molecule has 1 aliphatic heterocycles. The van der Waals surface area contributed by atoms with Crippen LogP contribution in [-0.4, -0.2) is 62.6 Å². The van der Waals surface area contributed by atoms with Gasteiger partial charge in [0, 0.05) is 51.4 Å². The molecule has 1 amide bonds. The first kappa shape index (κ1) is 24.9. The molecule has 0 unspecified atom stereocenters. The number of carbonyl (C=O) groups excluding carboxylic acids is 1. The van der Waals surface area contributed by atoms with Crippen molar-refractivity contribution in [3.8, 4) is 0 Å². The molecule has 7 heteroatoms. The number of benzene rings is 1. The van der Waals surface area contributed by atoms with Crippen molar-refractivity contribution in [2.45, 2.75) is 63.5 Å². The first-order valence-corrected chi connectivity index (χ1v) is 11.2. The Labute approximate surface area is 198 Å². The minimum Gasteiger partial charge on any atom is -0.356 e. The maximum Gasteiger partial charge on any atom is 0.251 e. The molecule has 30 heavy (non-hydrogen) atoms. The zero-order valence-electron chi connectivity index (χ0n) is 18.5. The number of guanidine groups is 1. The number of hydrogen-bond acceptors (Lipinski definition) is 3. The van der Waals surface area contributed by atoms with Gasteiger partial charge in [0.05, 0.1) is 0 Å². The molecule has 1 saturated carbocycles. The summed E-state index contributed by atoms with van der Waals surface area (Å²) in [6.07, 6.45) is 10.2. The Bertz CT molecular complexity index is 682. The smallest absolute Gasteiger partial charge is 0.251 e. The molecule has 1 aromatic rings. The van der Waals surface area contributed by atoms with Gasteiger partial charge < -0.3 is 20.9 Å². The predicted molar refractivity (Wildman–Crippen MR) is 135 cm³/mol. The van der Waals surface area contributed by atoms with E-state index in [1.54, 1.807) is 7.05 Å². The van der Waals surface area contributed by atoms with Crippen LogP contribution in [0.2, 0.25) is 0 Å². The Morgan fingerprint density at radius 1 is 1.13 bits per heavy atom. The molecule has 1 aromatic carbocycles. The van der Waals surface area contributed by atoms with Gasteiger partial charge in [0.25, 0.3) is 5.91 Å². The van der Waals surface area contributed by atoms with Crippen molar-refractivity contribution >= 4 is 35.8 Å². The third-order valence-electron chi connectivity index (χ3n) is 6.31. The summed E-state index contributed by atoms with van der Waals surface area (Å²) in [4.78, 5) is 18.9. The fourth-order valence-corrected chi connectivity index (χ4v) is 4.58. The van der Waals surface area contributed by atoms with Gasteiger partial charge in [0.2, 0.25) is 0 Å². The van der Waals surface area contributed by atoms with Crippen LogP contribution in [0.3, 0.4) is 0 Å². The third-order valence-corrected chi connectivity index (χ3v) is 6.31. The van der Waals surface area contributed by atoms with Crippen LogP contribution in [-0.2, 0) is 6.42 Å². The van der Waals surface area contributed by atoms with E-state index in [1.807, 2.05) is 25.2 Å². The lowest BCUT2D eigenvalue weighted by Gasteiger charge is -2.39. The minimum atomic E-state index is -0.0446. The molecule has 1 saturated heterocycles. The van der Waals surface area contributed by atoms with E-state index in [-0.39, 0.29) is 29.9 Å². The zero-order valence-corrected chi connectivity index (χ0v) is 20.8. The largest absolute Gasteiger partial charge is 0.356 e. The van der Waals surface area contributed by atoms with Crippen LogP contribution < -0.4 is 16.0 Å². The monoisotopic (exact) mass is 527 g/mol. The lowest BCUT2D eigenvalue weighted by molar-refractivity contribution is 0.0963. The molecule has 0 radical (unpaired) electrons. The Morgan fingerprint density at radius 3 is 2.53 bits per heavy atom. The highest BCUT2D eigenvalue weighted by Gasteiger charge is 2.26. The van der Waals surface area contributed by atoms with Crippen molar-refractivity contribution in [2.75, 3.05) is 33.7 Å². The quantitative estimate of drug-likeness (QED) is 0.302. The average molecular weight is 527 g/mol. The second kappa shape index (κ2) is 13.1. The van der Waals surface area contributed by atoms with Crippen molar-refractivity contribution in [3.63, 3.8) is 0 Å². The Kier molecular flexibility index (Phi) is 10.9. The van der Waals surface area contributed by atoms with E-state index >= 15 is 0 Å². The number of likely N-dealkylation sites (tertiary alicyclic amines) is 1. The maximum absolute atomic E-state index is 11.8. The van der Waals surface area contributed by atoms with E-state index in [1.165, 1.54) is 58.0 Å². The summed E-state index contributed by atoms with van der Waals surface area (Å²) < 4.78 is 0. The normalized spacial score (nSPS) is 19.1. The van der Waals surface area contributed by atoms with Gasteiger partial charge in [-0.1, -0.05) is 31.4 Å². The summed E-state index contributed by atoms with van der Waals surface area (Å²) in [5.41, 5.74) is 1.85. The van der Waals surface area contributed by atoms with Gasteiger partial charge in [0.1, 0.15) is 0 Å². The summed E-state index contributed by atoms with van der Waals surface area (Å²) in [7, 11) is 3.49. The number of carbonyl (C=O) groups is 1. The molecule has 0 aromatic heterocycles. The fraction of sp³-hybridized carbons (Fsp3) is 0.652. The number of nitrogens with one attached hydrogen (secondary N) is 3. The van der Waals surface area contributed by atoms with E-state index in [0.29, 0.717) is 11.6 Å². The highest BCUT2D eigenvalue weighted by atomic mass is 127. The lowest BCUT2D eigenvalue weighted by atomic mass is 9.92. The van der Waals surface area contributed by atoms with Crippen LogP contribution in [0.15, 0.2) is 29.3 Å². The van der Waals surface area contributed by atoms with Crippen LogP contribution in [0.5, 0.6) is 0 Å². The molecular formula is C23H38IN5O. The van der Waals surface area contributed by atoms with Gasteiger partial charge in [-0.25, -0.2) is 0 Å². The molecular weight excluding hydrogens is 489 g/mol. The standard InChI is InChI=1S/C23H37N5O.HI/c1-24-22(29)19-8-6-7-18(17-19)11-14-26-23(25-2)27-20-12-15-28(16-13-20)21-9-4-3-5-10-21;/h6-8,17,20-21H,3-5,9-16H2,1-2H3,(H,24,29)(H2,25,26,27);1H. The van der Waals surface area contributed by atoms with Crippen LogP contribution in [0.1, 0.15) is 60.9 Å². The zero-order chi connectivity index (χ0) is 20.5. The Hall–Kier alpha value is -1.35. The topological polar surface area (TPSA) is 68.8 Å². The first-order valence-electron chi connectivity index (χ1n) is 11.2. The van der Waals surface area contributed by atoms with Crippen LogP contribution >= 0.6 is 24.0 Å². The van der Waals surface area contributed by atoms with Crippen LogP contribution in [0.4, 0.5) is 0 Å². The van der Waals surface area contributed by atoms with Gasteiger partial charge in [-0.3, -0.25) is 9.79 Å². The number of nitrogens with zero attached hydrogens (tertiary/aromatic N) is 2. The number of aliphatic imine (C=N–C) groups is 1. The molecule has 0 atom stereocenters. The summed E-state index contributed by atoms with van der Waals surface area (Å²) in [6, 6.07) is 9.12. The predicted octanol–water partition coefficient (Wildman–Crippen LogP) is 3.17. The van der Waals surface area contributed by atoms with Gasteiger partial charge in [-0.2, -0.15) is 0 Å². The summed E-state index contributed by atoms with van der Waals surface area (Å²) in [6.45, 7) is 3.19. The molecule has 1 heterocycles. The van der Waals surface area contributed by atoms with Crippen molar-refractivity contribution in [1.29, 1.82) is 0 Å². The van der Waals surface area contributed by atoms with Gasteiger partial charge >= 0.3 is 0 Å². The van der Waals surface area contributed by atoms with Gasteiger partial charge in [0.15, 0.2) is 5.96 Å². The van der Waals surface area contributed by atoms with Crippen molar-refractivity contribution in [1.82, 2.24) is 20.9 Å². The maximum atomic E-state index is 11.8. The van der Waals surface area contributed by atoms with Gasteiger partial charge in [-0.15, -0.1) is 24.0 Å². The summed E-state index contributed by atoms with van der Waals surface area (Å²) in [5.74, 6) is 0.834. The van der Waals surface area contributed by atoms with Crippen LogP contribution in [0, 0.1) is 0 Å². The van der Waals surface area contributed by atoms with Crippen molar-refractivity contribution in [3.05, 3.63) is 35.4 Å². The molecule has 0 spiro atoms. The number of hydrogen-bond donors (Lipinski definition) is 3. The van der Waals surface area contributed by atoms with Crippen LogP contribution in [0.25, 0.3) is 0 Å². The third kappa shape index (κ3) is 7.41. The molecule has 6 nitrogen and oxygen atoms in total. The van der Waals surface area contributed by atoms with E-state index in [2.05, 4.69) is 31.9 Å². The summed E-state index contributed by atoms with van der Waals surface area (Å²) >= 11 is 0. The number of piperidine rings is 1. The highest BCUT2D eigenvalue weighted by molar-refractivity contribution is 14.0. The second-order valence-corrected chi connectivity index (χ2v) is 8.27. The molecule has 2 fully saturated rings. The molecule has 3 N–H and O–H groups in total. The van der Waals surface area contributed by atoms with Crippen molar-refractivity contribution < 1.29 is 4.79 Å². The first-order chi connectivity index (χ1) is 14.2. The number of amides is 1. The highest BCUT2D eigenvalue weighted by Crippen LogP contribution is 2.25. The van der Waals surface area contributed by atoms with Crippen molar-refractivity contribution in [2.24, 2.45) is 4.99 Å². The SMILES string of the molecule is CN=C(NCCc1cccc(C(=O)NC)c1)NC1CCN(C2CCCCC2)CC1.I. The Balaban J connectivity index is 0.00000320. The van der Waals surface area contributed by atoms with E-state index < -0.39 is 0 Å². The van der Waals surface area contributed by atoms with E-state index in [9.17, 15) is 4.79 Å². The van der Waals surface area contributed by atoms with E-state index in [4.69, 9.17) is 0 Å². The second-order valence-electron chi connectivity index (χ2n) is 8.27. The molecule has 2 aliphatic rings. The Morgan fingerprint density at radius 2 is 1.87 bits per heavy atom. The molecule has 168 valence electrons. The average Bonchev–Trinajstić information content (AvgIpc) is 2.79. The molecule has 1 aliphatic carbocycles. The number of halogens is 1. The summed E-state index contributed by atoms with van der Waals surface area (Å²) in [5, 5.41) is 9.70. The number of rotatable bonds is 6. The fourth-order valence-electron chi connectivity index (χ4n) is 4.58. The van der Waals surface area contributed by atoms with Gasteiger partial charge in [-0.05, 0) is 49.8 Å². The minimum absolute atomic E-state index is 0. The molecule has 3 rings (SSSR count). The lowest BCUT2D eigenvalue weighted by Crippen LogP contribution is -2.51. The molecule has 0 bridgehead atoms. The van der Waals surface area contributed by atoms with E-state index in [0.717, 1.165) is 30.5 Å².